The molecule has 2 heterocycles. The molecule has 1 fully saturated rings. The van der Waals surface area contributed by atoms with Gasteiger partial charge in [0.2, 0.25) is 0 Å². The van der Waals surface area contributed by atoms with Crippen molar-refractivity contribution in [1.82, 2.24) is 20.5 Å². The van der Waals surface area contributed by atoms with E-state index in [-0.39, 0.29) is 19.8 Å². The molecule has 12 nitrogen and oxygen atoms in total. The molecule has 2 unspecified atom stereocenters. The van der Waals surface area contributed by atoms with Gasteiger partial charge < -0.3 is 24.4 Å². The van der Waals surface area contributed by atoms with Gasteiger partial charge in [-0.2, -0.15) is 5.26 Å². The van der Waals surface area contributed by atoms with Gasteiger partial charge in [-0.05, 0) is 41.0 Å². The number of nitrogens with zero attached hydrogens (tertiary/aromatic N) is 4. The summed E-state index contributed by atoms with van der Waals surface area (Å²) >= 11 is 6.73. The first-order valence-corrected chi connectivity index (χ1v) is 14.7. The highest BCUT2D eigenvalue weighted by Crippen LogP contribution is 2.36. The summed E-state index contributed by atoms with van der Waals surface area (Å²) in [5.41, 5.74) is 1.29. The van der Waals surface area contributed by atoms with E-state index in [0.29, 0.717) is 65.5 Å². The summed E-state index contributed by atoms with van der Waals surface area (Å²) in [4.78, 5) is 14.3. The maximum atomic E-state index is 12.2. The summed E-state index contributed by atoms with van der Waals surface area (Å²) in [5, 5.41) is 40.5. The Bertz CT molecular complexity index is 1500. The minimum Gasteiger partial charge on any atom is -0.488 e. The van der Waals surface area contributed by atoms with Crippen LogP contribution in [0.2, 0.25) is 5.02 Å². The third-order valence-electron chi connectivity index (χ3n) is 7.23. The van der Waals surface area contributed by atoms with Crippen LogP contribution in [0, 0.1) is 11.3 Å². The molecule has 3 N–H and O–H groups in total. The fourth-order valence-electron chi connectivity index (χ4n) is 4.72. The van der Waals surface area contributed by atoms with Crippen molar-refractivity contribution in [2.24, 2.45) is 0 Å². The highest BCUT2D eigenvalue weighted by molar-refractivity contribution is 6.32. The number of esters is 1. The van der Waals surface area contributed by atoms with Crippen LogP contribution in [0.15, 0.2) is 59.8 Å². The lowest BCUT2D eigenvalue weighted by Crippen LogP contribution is -2.49. The van der Waals surface area contributed by atoms with Gasteiger partial charge in [-0.15, -0.1) is 0 Å². The van der Waals surface area contributed by atoms with Crippen molar-refractivity contribution >= 4 is 28.6 Å². The first-order valence-electron chi connectivity index (χ1n) is 14.3. The van der Waals surface area contributed by atoms with Gasteiger partial charge in [-0.3, -0.25) is 15.0 Å². The molecule has 1 aliphatic rings. The quantitative estimate of drug-likeness (QED) is 0.128. The number of nitriles is 1. The molecule has 0 saturated carbocycles. The van der Waals surface area contributed by atoms with E-state index < -0.39 is 30.4 Å². The van der Waals surface area contributed by atoms with Gasteiger partial charge in [0.15, 0.2) is 11.8 Å². The van der Waals surface area contributed by atoms with E-state index in [4.69, 9.17) is 30.4 Å². The molecule has 3 aromatic rings. The number of aliphatic hydroxyl groups is 2. The van der Waals surface area contributed by atoms with E-state index in [2.05, 4.69) is 27.1 Å². The van der Waals surface area contributed by atoms with Crippen LogP contribution in [0.3, 0.4) is 0 Å². The standard InChI is InChI=1S/C31H36ClN5O7/c1-3-5-6-7-29(37-12-10-31(40,20-33)11-13-37)43-28-16-27(42-19-21-8-9-24-25(14-21)36-44-35-24)22(15-23(28)32)17-34-26(18-38)30(39)41-4-2/h3,5-6,8-9,14-16,26,29,34,38,40H,1,4,7,10-13,17-19H2,2H3/b6-5-. The number of likely N-dealkylation sites (tertiary alicyclic amines) is 1. The first kappa shape index (κ1) is 32.9. The van der Waals surface area contributed by atoms with Crippen molar-refractivity contribution in [3.05, 3.63) is 71.3 Å². The molecule has 1 aromatic heterocycles. The Morgan fingerprint density at radius 2 is 2.05 bits per heavy atom. The minimum atomic E-state index is -1.35. The lowest BCUT2D eigenvalue weighted by Gasteiger charge is -2.38. The van der Waals surface area contributed by atoms with Crippen LogP contribution in [0.5, 0.6) is 11.5 Å². The van der Waals surface area contributed by atoms with Gasteiger partial charge in [-0.1, -0.05) is 42.5 Å². The minimum absolute atomic E-state index is 0.135. The number of fused-ring (bicyclic) bond motifs is 1. The Hall–Kier alpha value is -3.99. The van der Waals surface area contributed by atoms with Crippen molar-refractivity contribution < 1.29 is 33.8 Å². The number of rotatable bonds is 15. The Morgan fingerprint density at radius 3 is 2.75 bits per heavy atom. The average Bonchev–Trinajstić information content (AvgIpc) is 3.50. The number of carbonyl (C=O) groups excluding carboxylic acids is 1. The van der Waals surface area contributed by atoms with E-state index in [0.717, 1.165) is 5.56 Å². The van der Waals surface area contributed by atoms with Crippen LogP contribution in [-0.2, 0) is 22.7 Å². The Kier molecular flexibility index (Phi) is 11.7. The zero-order valence-electron chi connectivity index (χ0n) is 24.4. The second kappa shape index (κ2) is 15.7. The number of ether oxygens (including phenoxy) is 3. The molecule has 1 saturated heterocycles. The lowest BCUT2D eigenvalue weighted by molar-refractivity contribution is -0.146. The van der Waals surface area contributed by atoms with E-state index in [1.165, 1.54) is 0 Å². The number of halogens is 1. The molecule has 0 amide bonds. The zero-order chi connectivity index (χ0) is 31.5. The van der Waals surface area contributed by atoms with Gasteiger partial charge in [0.05, 0.1) is 24.3 Å². The fraction of sp³-hybridized carbons (Fsp3) is 0.419. The van der Waals surface area contributed by atoms with Crippen molar-refractivity contribution in [3.8, 4) is 17.6 Å². The molecule has 1 aliphatic heterocycles. The van der Waals surface area contributed by atoms with Crippen LogP contribution in [0.25, 0.3) is 11.0 Å². The van der Waals surface area contributed by atoms with E-state index in [1.807, 2.05) is 24.3 Å². The number of piperidine rings is 1. The molecular formula is C31H36ClN5O7. The van der Waals surface area contributed by atoms with Gasteiger partial charge in [0.25, 0.3) is 0 Å². The number of aliphatic hydroxyl groups excluding tert-OH is 1. The molecule has 44 heavy (non-hydrogen) atoms. The van der Waals surface area contributed by atoms with Crippen LogP contribution in [0.1, 0.15) is 37.3 Å². The van der Waals surface area contributed by atoms with E-state index in [9.17, 15) is 20.3 Å². The second-order valence-corrected chi connectivity index (χ2v) is 10.7. The second-order valence-electron chi connectivity index (χ2n) is 10.3. The molecular weight excluding hydrogens is 590 g/mol. The third kappa shape index (κ3) is 8.56. The first-order chi connectivity index (χ1) is 21.3. The molecule has 0 bridgehead atoms. The van der Waals surface area contributed by atoms with E-state index in [1.54, 1.807) is 37.3 Å². The summed E-state index contributed by atoms with van der Waals surface area (Å²) < 4.78 is 22.5. The molecule has 2 atom stereocenters. The van der Waals surface area contributed by atoms with Crippen molar-refractivity contribution in [2.75, 3.05) is 26.3 Å². The predicted molar refractivity (Wildman–Crippen MR) is 162 cm³/mol. The van der Waals surface area contributed by atoms with Crippen LogP contribution < -0.4 is 14.8 Å². The average molecular weight is 626 g/mol. The Morgan fingerprint density at radius 1 is 1.27 bits per heavy atom. The molecule has 234 valence electrons. The summed E-state index contributed by atoms with van der Waals surface area (Å²) in [5.74, 6) is 0.232. The maximum Gasteiger partial charge on any atom is 0.325 e. The normalized spacial score (nSPS) is 16.3. The van der Waals surface area contributed by atoms with Crippen molar-refractivity contribution in [3.63, 3.8) is 0 Å². The van der Waals surface area contributed by atoms with Crippen molar-refractivity contribution in [2.45, 2.75) is 57.2 Å². The van der Waals surface area contributed by atoms with Crippen molar-refractivity contribution in [1.29, 1.82) is 5.26 Å². The highest BCUT2D eigenvalue weighted by atomic mass is 35.5. The number of carbonyl (C=O) groups is 1. The molecule has 4 rings (SSSR count). The van der Waals surface area contributed by atoms with E-state index >= 15 is 0 Å². The summed E-state index contributed by atoms with van der Waals surface area (Å²) in [6.07, 6.45) is 6.04. The maximum absolute atomic E-state index is 12.2. The summed E-state index contributed by atoms with van der Waals surface area (Å²) in [7, 11) is 0. The lowest BCUT2D eigenvalue weighted by atomic mass is 9.93. The number of benzene rings is 2. The van der Waals surface area contributed by atoms with Gasteiger partial charge in [0.1, 0.15) is 35.2 Å². The van der Waals surface area contributed by atoms with Crippen LogP contribution in [-0.4, -0.2) is 75.6 Å². The predicted octanol–water partition coefficient (Wildman–Crippen LogP) is 3.66. The SMILES string of the molecule is C=C/C=C\CC(Oc1cc(OCc2ccc3nonc3c2)c(CNC(CO)C(=O)OCC)cc1Cl)N1CCC(O)(C#N)CC1. The molecule has 0 spiro atoms. The summed E-state index contributed by atoms with van der Waals surface area (Å²) in [6.45, 7) is 6.36. The third-order valence-corrected chi connectivity index (χ3v) is 7.53. The molecule has 13 heteroatoms. The molecule has 2 aromatic carbocycles. The van der Waals surface area contributed by atoms with Gasteiger partial charge in [-0.25, -0.2) is 4.63 Å². The number of hydrogen-bond acceptors (Lipinski definition) is 12. The molecule has 0 radical (unpaired) electrons. The fourth-order valence-corrected chi connectivity index (χ4v) is 4.95. The number of nitrogens with one attached hydrogen (secondary N) is 1. The smallest absolute Gasteiger partial charge is 0.325 e. The zero-order valence-corrected chi connectivity index (χ0v) is 25.2. The van der Waals surface area contributed by atoms with Crippen LogP contribution >= 0.6 is 11.6 Å². The monoisotopic (exact) mass is 625 g/mol. The highest BCUT2D eigenvalue weighted by Gasteiger charge is 2.35. The topological polar surface area (TPSA) is 163 Å². The number of hydrogen-bond donors (Lipinski definition) is 3. The summed E-state index contributed by atoms with van der Waals surface area (Å²) in [6, 6.07) is 9.87. The Labute approximate surface area is 260 Å². The number of allylic oxidation sites excluding steroid dienone is 2. The Balaban J connectivity index is 1.59. The number of aromatic nitrogens is 2. The molecule has 0 aliphatic carbocycles. The van der Waals surface area contributed by atoms with Gasteiger partial charge in [0, 0.05) is 50.5 Å². The van der Waals surface area contributed by atoms with Crippen LogP contribution in [0.4, 0.5) is 0 Å². The largest absolute Gasteiger partial charge is 0.488 e. The van der Waals surface area contributed by atoms with Gasteiger partial charge >= 0.3 is 5.97 Å².